The summed E-state index contributed by atoms with van der Waals surface area (Å²) in [5.74, 6) is -0.219. The number of amides is 1. The molecule has 0 radical (unpaired) electrons. The fourth-order valence-corrected chi connectivity index (χ4v) is 3.41. The summed E-state index contributed by atoms with van der Waals surface area (Å²) in [6.07, 6.45) is 0. The Morgan fingerprint density at radius 3 is 2.88 bits per heavy atom. The van der Waals surface area contributed by atoms with Crippen molar-refractivity contribution in [1.82, 2.24) is 20.5 Å². The molecule has 1 aromatic carbocycles. The number of nitrogens with zero attached hydrogens (tertiary/aromatic N) is 3. The maximum Gasteiger partial charge on any atom is 0.270 e. The molecule has 0 bridgehead atoms. The number of thiazole rings is 1. The molecule has 140 valence electrons. The van der Waals surface area contributed by atoms with Gasteiger partial charge >= 0.3 is 0 Å². The van der Waals surface area contributed by atoms with Crippen molar-refractivity contribution in [2.24, 2.45) is 0 Å². The number of nitro benzene ring substituents is 1. The van der Waals surface area contributed by atoms with Gasteiger partial charge in [0.05, 0.1) is 4.92 Å². The Morgan fingerprint density at radius 2 is 2.15 bits per heavy atom. The quantitative estimate of drug-likeness (QED) is 0.569. The number of benzene rings is 1. The second-order valence-electron chi connectivity index (χ2n) is 5.69. The van der Waals surface area contributed by atoms with E-state index in [0.717, 1.165) is 32.7 Å². The Labute approximate surface area is 161 Å². The van der Waals surface area contributed by atoms with E-state index in [-0.39, 0.29) is 24.0 Å². The van der Waals surface area contributed by atoms with Crippen molar-refractivity contribution in [3.8, 4) is 10.6 Å². The number of hydrogen-bond donors (Lipinski definition) is 2. The van der Waals surface area contributed by atoms with Gasteiger partial charge in [-0.05, 0) is 0 Å². The van der Waals surface area contributed by atoms with Gasteiger partial charge in [0.1, 0.15) is 10.7 Å². The molecule has 1 aromatic heterocycles. The van der Waals surface area contributed by atoms with Crippen molar-refractivity contribution in [3.63, 3.8) is 0 Å². The molecule has 0 saturated carbocycles. The normalized spacial score (nSPS) is 14.5. The average Bonchev–Trinajstić information content (AvgIpc) is 3.13. The molecule has 0 unspecified atom stereocenters. The zero-order valence-electron chi connectivity index (χ0n) is 14.0. The van der Waals surface area contributed by atoms with E-state index in [4.69, 9.17) is 0 Å². The summed E-state index contributed by atoms with van der Waals surface area (Å²) in [6.45, 7) is 5.32. The number of nitrogens with one attached hydrogen (secondary N) is 2. The van der Waals surface area contributed by atoms with Gasteiger partial charge in [0.2, 0.25) is 0 Å². The largest absolute Gasteiger partial charge is 0.349 e. The third kappa shape index (κ3) is 5.21. The summed E-state index contributed by atoms with van der Waals surface area (Å²) in [4.78, 5) is 29.2. The van der Waals surface area contributed by atoms with Crippen molar-refractivity contribution in [2.45, 2.75) is 0 Å². The minimum atomic E-state index is -0.444. The molecule has 0 aliphatic carbocycles. The number of halogens is 1. The second-order valence-corrected chi connectivity index (χ2v) is 6.55. The summed E-state index contributed by atoms with van der Waals surface area (Å²) in [7, 11) is 0. The SMILES string of the molecule is Cl.O=C(NCCN1CCNCC1)c1csc(-c2cccc([N+](=O)[O-])c2)n1. The predicted octanol–water partition coefficient (Wildman–Crippen LogP) is 1.78. The molecule has 2 N–H and O–H groups in total. The Bertz CT molecular complexity index is 764. The van der Waals surface area contributed by atoms with E-state index in [1.165, 1.54) is 23.5 Å². The monoisotopic (exact) mass is 397 g/mol. The highest BCUT2D eigenvalue weighted by Gasteiger charge is 2.15. The minimum Gasteiger partial charge on any atom is -0.349 e. The van der Waals surface area contributed by atoms with Crippen LogP contribution in [0.5, 0.6) is 0 Å². The number of carbonyl (C=O) groups excluding carboxylic acids is 1. The first kappa shape index (κ1) is 20.2. The average molecular weight is 398 g/mol. The van der Waals surface area contributed by atoms with Crippen LogP contribution in [0.1, 0.15) is 10.5 Å². The second kappa shape index (κ2) is 9.58. The van der Waals surface area contributed by atoms with Gasteiger partial charge in [0.15, 0.2) is 0 Å². The summed E-state index contributed by atoms with van der Waals surface area (Å²) >= 11 is 1.30. The first-order valence-electron chi connectivity index (χ1n) is 8.05. The summed E-state index contributed by atoms with van der Waals surface area (Å²) in [6, 6.07) is 6.26. The molecule has 1 fully saturated rings. The van der Waals surface area contributed by atoms with Gasteiger partial charge in [-0.25, -0.2) is 4.98 Å². The lowest BCUT2D eigenvalue weighted by atomic mass is 10.2. The first-order valence-corrected chi connectivity index (χ1v) is 8.93. The van der Waals surface area contributed by atoms with Crippen molar-refractivity contribution < 1.29 is 9.72 Å². The highest BCUT2D eigenvalue weighted by Crippen LogP contribution is 2.26. The molecule has 1 aliphatic rings. The van der Waals surface area contributed by atoms with Gasteiger partial charge < -0.3 is 10.6 Å². The number of non-ortho nitro benzene ring substituents is 1. The molecule has 1 aliphatic heterocycles. The van der Waals surface area contributed by atoms with E-state index < -0.39 is 4.92 Å². The molecule has 0 atom stereocenters. The molecule has 1 saturated heterocycles. The fourth-order valence-electron chi connectivity index (χ4n) is 2.62. The number of carbonyl (C=O) groups is 1. The summed E-state index contributed by atoms with van der Waals surface area (Å²) in [5.41, 5.74) is 0.987. The summed E-state index contributed by atoms with van der Waals surface area (Å²) < 4.78 is 0. The van der Waals surface area contributed by atoms with Gasteiger partial charge in [-0.1, -0.05) is 12.1 Å². The van der Waals surface area contributed by atoms with Crippen molar-refractivity contribution in [3.05, 3.63) is 45.5 Å². The Hall–Kier alpha value is -2.07. The molecule has 0 spiro atoms. The minimum absolute atomic E-state index is 0. The summed E-state index contributed by atoms with van der Waals surface area (Å²) in [5, 5.41) is 19.3. The predicted molar refractivity (Wildman–Crippen MR) is 103 cm³/mol. The topological polar surface area (TPSA) is 100 Å². The standard InChI is InChI=1S/C16H19N5O3S.ClH/c22-15(18-6-9-20-7-4-17-5-8-20)14-11-25-16(19-14)12-2-1-3-13(10-12)21(23)24;/h1-3,10-11,17H,4-9H2,(H,18,22);1H. The van der Waals surface area contributed by atoms with Crippen LogP contribution in [0.4, 0.5) is 5.69 Å². The van der Waals surface area contributed by atoms with E-state index >= 15 is 0 Å². The molecule has 8 nitrogen and oxygen atoms in total. The molecular weight excluding hydrogens is 378 g/mol. The third-order valence-electron chi connectivity index (χ3n) is 3.96. The molecule has 10 heteroatoms. The third-order valence-corrected chi connectivity index (χ3v) is 4.86. The molecule has 2 heterocycles. The zero-order valence-corrected chi connectivity index (χ0v) is 15.6. The van der Waals surface area contributed by atoms with E-state index in [0.29, 0.717) is 22.8 Å². The van der Waals surface area contributed by atoms with Gasteiger partial charge in [0, 0.05) is 62.3 Å². The number of piperazine rings is 1. The first-order chi connectivity index (χ1) is 12.1. The van der Waals surface area contributed by atoms with Crippen molar-refractivity contribution in [2.75, 3.05) is 39.3 Å². The lowest BCUT2D eigenvalue weighted by molar-refractivity contribution is -0.384. The van der Waals surface area contributed by atoms with E-state index in [9.17, 15) is 14.9 Å². The smallest absolute Gasteiger partial charge is 0.270 e. The Morgan fingerprint density at radius 1 is 1.38 bits per heavy atom. The Balaban J connectivity index is 0.00000243. The molecular formula is C16H20ClN5O3S. The molecule has 2 aromatic rings. The Kier molecular flexibility index (Phi) is 7.46. The maximum atomic E-state index is 12.2. The van der Waals surface area contributed by atoms with E-state index in [1.807, 2.05) is 0 Å². The number of hydrogen-bond acceptors (Lipinski definition) is 7. The molecule has 1 amide bonds. The van der Waals surface area contributed by atoms with Crippen molar-refractivity contribution in [1.29, 1.82) is 0 Å². The van der Waals surface area contributed by atoms with Crippen LogP contribution in [0.15, 0.2) is 29.6 Å². The van der Waals surface area contributed by atoms with Crippen LogP contribution in [0.3, 0.4) is 0 Å². The fraction of sp³-hybridized carbons (Fsp3) is 0.375. The lowest BCUT2D eigenvalue weighted by Gasteiger charge is -2.26. The van der Waals surface area contributed by atoms with Gasteiger partial charge in [-0.2, -0.15) is 0 Å². The number of rotatable bonds is 6. The van der Waals surface area contributed by atoms with Crippen LogP contribution in [0.25, 0.3) is 10.6 Å². The van der Waals surface area contributed by atoms with Crippen LogP contribution >= 0.6 is 23.7 Å². The lowest BCUT2D eigenvalue weighted by Crippen LogP contribution is -2.46. The number of aromatic nitrogens is 1. The van der Waals surface area contributed by atoms with Crippen LogP contribution in [-0.2, 0) is 0 Å². The molecule has 3 rings (SSSR count). The molecule has 26 heavy (non-hydrogen) atoms. The van der Waals surface area contributed by atoms with Gasteiger partial charge in [0.25, 0.3) is 11.6 Å². The number of nitro groups is 1. The van der Waals surface area contributed by atoms with Gasteiger partial charge in [-0.15, -0.1) is 23.7 Å². The van der Waals surface area contributed by atoms with Crippen molar-refractivity contribution >= 4 is 35.3 Å². The van der Waals surface area contributed by atoms with E-state index in [1.54, 1.807) is 17.5 Å². The van der Waals surface area contributed by atoms with Crippen LogP contribution < -0.4 is 10.6 Å². The van der Waals surface area contributed by atoms with Gasteiger partial charge in [-0.3, -0.25) is 19.8 Å². The highest BCUT2D eigenvalue weighted by molar-refractivity contribution is 7.13. The van der Waals surface area contributed by atoms with Crippen LogP contribution in [0.2, 0.25) is 0 Å². The maximum absolute atomic E-state index is 12.2. The zero-order chi connectivity index (χ0) is 17.6. The van der Waals surface area contributed by atoms with E-state index in [2.05, 4.69) is 20.5 Å². The van der Waals surface area contributed by atoms with Crippen LogP contribution in [0, 0.1) is 10.1 Å². The highest BCUT2D eigenvalue weighted by atomic mass is 35.5. The van der Waals surface area contributed by atoms with Crippen LogP contribution in [-0.4, -0.2) is 60.0 Å².